The van der Waals surface area contributed by atoms with Crippen LogP contribution in [0.25, 0.3) is 0 Å². The number of carbonyl (C=O) groups excluding carboxylic acids is 1. The molecule has 5 nitrogen and oxygen atoms in total. The number of hydrogen-bond acceptors (Lipinski definition) is 4. The van der Waals surface area contributed by atoms with E-state index in [0.29, 0.717) is 18.8 Å². The molecule has 122 valence electrons. The van der Waals surface area contributed by atoms with Gasteiger partial charge in [-0.05, 0) is 37.0 Å². The standard InChI is InChI=1S/C15H27NO4S/c1-10(8-17)11(2)16-21(19,20)9-15-6-5-12(7-13(15)18)14(15,3)4/h10-12,16-17H,5-9H2,1-4H3/t10-,11-,12+,15+/m1/s1. The minimum atomic E-state index is -3.55. The van der Waals surface area contributed by atoms with Crippen molar-refractivity contribution in [3.05, 3.63) is 0 Å². The summed E-state index contributed by atoms with van der Waals surface area (Å²) in [5.41, 5.74) is -0.976. The average molecular weight is 317 g/mol. The van der Waals surface area contributed by atoms with E-state index in [4.69, 9.17) is 5.11 Å². The highest BCUT2D eigenvalue weighted by Gasteiger charge is 2.65. The summed E-state index contributed by atoms with van der Waals surface area (Å²) in [6.45, 7) is 7.54. The van der Waals surface area contributed by atoms with E-state index in [9.17, 15) is 13.2 Å². The van der Waals surface area contributed by atoms with Gasteiger partial charge < -0.3 is 5.11 Å². The first kappa shape index (κ1) is 16.9. The van der Waals surface area contributed by atoms with E-state index < -0.39 is 15.4 Å². The van der Waals surface area contributed by atoms with Crippen molar-refractivity contribution in [1.29, 1.82) is 0 Å². The van der Waals surface area contributed by atoms with Gasteiger partial charge in [0, 0.05) is 24.5 Å². The number of fused-ring (bicyclic) bond motifs is 2. The van der Waals surface area contributed by atoms with Crippen LogP contribution in [0.1, 0.15) is 47.0 Å². The van der Waals surface area contributed by atoms with Crippen LogP contribution in [0.4, 0.5) is 0 Å². The first-order valence-electron chi connectivity index (χ1n) is 7.70. The molecule has 0 radical (unpaired) electrons. The molecule has 2 rings (SSSR count). The third-order valence-corrected chi connectivity index (χ3v) is 7.69. The smallest absolute Gasteiger partial charge is 0.212 e. The molecule has 0 heterocycles. The van der Waals surface area contributed by atoms with E-state index in [1.165, 1.54) is 0 Å². The molecule has 0 aromatic heterocycles. The predicted molar refractivity (Wildman–Crippen MR) is 81.2 cm³/mol. The van der Waals surface area contributed by atoms with E-state index in [2.05, 4.69) is 4.72 Å². The second-order valence-corrected chi connectivity index (χ2v) is 9.25. The van der Waals surface area contributed by atoms with E-state index in [0.717, 1.165) is 6.42 Å². The van der Waals surface area contributed by atoms with Gasteiger partial charge in [0.05, 0.1) is 5.75 Å². The van der Waals surface area contributed by atoms with Crippen molar-refractivity contribution in [2.75, 3.05) is 12.4 Å². The summed E-state index contributed by atoms with van der Waals surface area (Å²) in [6, 6.07) is -0.340. The molecule has 2 aliphatic carbocycles. The van der Waals surface area contributed by atoms with Crippen LogP contribution >= 0.6 is 0 Å². The van der Waals surface area contributed by atoms with Crippen LogP contribution < -0.4 is 4.72 Å². The molecule has 2 bridgehead atoms. The zero-order valence-electron chi connectivity index (χ0n) is 13.3. The summed E-state index contributed by atoms with van der Waals surface area (Å²) in [6.07, 6.45) is 2.14. The van der Waals surface area contributed by atoms with E-state index in [1.807, 2.05) is 13.8 Å². The van der Waals surface area contributed by atoms with Crippen LogP contribution in [0.3, 0.4) is 0 Å². The molecule has 2 aliphatic rings. The largest absolute Gasteiger partial charge is 0.396 e. The van der Waals surface area contributed by atoms with Crippen molar-refractivity contribution in [2.45, 2.75) is 53.0 Å². The molecule has 0 saturated heterocycles. The van der Waals surface area contributed by atoms with Crippen LogP contribution in [0, 0.1) is 22.7 Å². The lowest BCUT2D eigenvalue weighted by molar-refractivity contribution is -0.128. The first-order chi connectivity index (χ1) is 9.56. The fourth-order valence-corrected chi connectivity index (χ4v) is 6.24. The Labute approximate surface area is 127 Å². The molecule has 6 heteroatoms. The fraction of sp³-hybridized carbons (Fsp3) is 0.933. The number of aliphatic hydroxyl groups excluding tert-OH is 1. The SMILES string of the molecule is C[C@H](CO)[C@@H](C)NS(=O)(=O)C[C@@]12CC[C@@H](CC1=O)C2(C)C. The zero-order chi connectivity index (χ0) is 16.1. The molecular weight excluding hydrogens is 290 g/mol. The lowest BCUT2D eigenvalue weighted by Gasteiger charge is -2.36. The molecule has 0 spiro atoms. The first-order valence-corrected chi connectivity index (χ1v) is 9.35. The number of nitrogens with one attached hydrogen (secondary N) is 1. The Hall–Kier alpha value is -0.460. The average Bonchev–Trinajstić information content (AvgIpc) is 2.70. The van der Waals surface area contributed by atoms with E-state index in [1.54, 1.807) is 13.8 Å². The van der Waals surface area contributed by atoms with Crippen molar-refractivity contribution in [2.24, 2.45) is 22.7 Å². The quantitative estimate of drug-likeness (QED) is 0.774. The molecule has 0 amide bonds. The van der Waals surface area contributed by atoms with Crippen molar-refractivity contribution in [3.63, 3.8) is 0 Å². The Balaban J connectivity index is 2.18. The monoisotopic (exact) mass is 317 g/mol. The Morgan fingerprint density at radius 3 is 2.43 bits per heavy atom. The molecular formula is C15H27NO4S. The third kappa shape index (κ3) is 2.66. The Morgan fingerprint density at radius 2 is 2.00 bits per heavy atom. The van der Waals surface area contributed by atoms with Gasteiger partial charge in [-0.1, -0.05) is 20.8 Å². The fourth-order valence-electron chi connectivity index (χ4n) is 4.03. The van der Waals surface area contributed by atoms with Gasteiger partial charge in [-0.15, -0.1) is 0 Å². The van der Waals surface area contributed by atoms with Crippen LogP contribution in [0.15, 0.2) is 0 Å². The molecule has 0 aromatic carbocycles. The van der Waals surface area contributed by atoms with Gasteiger partial charge in [-0.2, -0.15) is 0 Å². The summed E-state index contributed by atoms with van der Waals surface area (Å²) >= 11 is 0. The number of carbonyl (C=O) groups is 1. The van der Waals surface area contributed by atoms with Gasteiger partial charge in [0.15, 0.2) is 0 Å². The lowest BCUT2D eigenvalue weighted by atomic mass is 9.70. The van der Waals surface area contributed by atoms with Gasteiger partial charge in [-0.25, -0.2) is 13.1 Å². The number of hydrogen-bond donors (Lipinski definition) is 2. The van der Waals surface area contributed by atoms with Crippen molar-refractivity contribution in [3.8, 4) is 0 Å². The molecule has 21 heavy (non-hydrogen) atoms. The zero-order valence-corrected chi connectivity index (χ0v) is 14.2. The van der Waals surface area contributed by atoms with Gasteiger partial charge >= 0.3 is 0 Å². The summed E-state index contributed by atoms with van der Waals surface area (Å²) < 4.78 is 27.6. The maximum Gasteiger partial charge on any atom is 0.212 e. The second kappa shape index (κ2) is 5.32. The number of Topliss-reactive ketones (excluding diaryl/α,β-unsaturated/α-hetero) is 1. The van der Waals surface area contributed by atoms with E-state index in [-0.39, 0.29) is 35.5 Å². The number of aliphatic hydroxyl groups is 1. The number of rotatable bonds is 6. The highest BCUT2D eigenvalue weighted by atomic mass is 32.2. The highest BCUT2D eigenvalue weighted by Crippen LogP contribution is 2.64. The van der Waals surface area contributed by atoms with Crippen LogP contribution in [-0.4, -0.2) is 37.7 Å². The van der Waals surface area contributed by atoms with Gasteiger partial charge in [0.25, 0.3) is 0 Å². The maximum atomic E-state index is 12.5. The maximum absolute atomic E-state index is 12.5. The summed E-state index contributed by atoms with van der Waals surface area (Å²) in [4.78, 5) is 12.4. The molecule has 4 atom stereocenters. The van der Waals surface area contributed by atoms with Gasteiger partial charge in [-0.3, -0.25) is 4.79 Å². The number of sulfonamides is 1. The van der Waals surface area contributed by atoms with Crippen LogP contribution in [0.2, 0.25) is 0 Å². The van der Waals surface area contributed by atoms with Gasteiger partial charge in [0.1, 0.15) is 5.78 Å². The predicted octanol–water partition coefficient (Wildman–Crippen LogP) is 1.32. The minimum absolute atomic E-state index is 0.0681. The normalized spacial score (nSPS) is 34.1. The molecule has 2 saturated carbocycles. The highest BCUT2D eigenvalue weighted by molar-refractivity contribution is 7.89. The van der Waals surface area contributed by atoms with Crippen LogP contribution in [-0.2, 0) is 14.8 Å². The summed E-state index contributed by atoms with van der Waals surface area (Å²) in [7, 11) is -3.55. The van der Waals surface area contributed by atoms with E-state index >= 15 is 0 Å². The third-order valence-electron chi connectivity index (χ3n) is 6.08. The second-order valence-electron chi connectivity index (χ2n) is 7.49. The Morgan fingerprint density at radius 1 is 1.38 bits per heavy atom. The molecule has 0 aliphatic heterocycles. The van der Waals surface area contributed by atoms with Crippen molar-refractivity contribution >= 4 is 15.8 Å². The topological polar surface area (TPSA) is 83.5 Å². The number of ketones is 1. The Kier molecular flexibility index (Phi) is 4.28. The Bertz CT molecular complexity index is 528. The van der Waals surface area contributed by atoms with Crippen molar-refractivity contribution < 1.29 is 18.3 Å². The summed E-state index contributed by atoms with van der Waals surface area (Å²) in [5, 5.41) is 9.13. The molecule has 0 aromatic rings. The van der Waals surface area contributed by atoms with Gasteiger partial charge in [0.2, 0.25) is 10.0 Å². The lowest BCUT2D eigenvalue weighted by Crippen LogP contribution is -2.48. The molecule has 2 fully saturated rings. The van der Waals surface area contributed by atoms with Crippen LogP contribution in [0.5, 0.6) is 0 Å². The minimum Gasteiger partial charge on any atom is -0.396 e. The molecule has 0 unspecified atom stereocenters. The van der Waals surface area contributed by atoms with Crippen molar-refractivity contribution in [1.82, 2.24) is 4.72 Å². The summed E-state index contributed by atoms with van der Waals surface area (Å²) in [5.74, 6) is 0.150. The molecule has 2 N–H and O–H groups in total.